The Kier molecular flexibility index (Phi) is 7.53. The molecule has 2 heterocycles. The number of aromatic nitrogens is 3. The predicted molar refractivity (Wildman–Crippen MR) is 130 cm³/mol. The summed E-state index contributed by atoms with van der Waals surface area (Å²) in [6.45, 7) is 1.71. The minimum Gasteiger partial charge on any atom is -1.00 e. The van der Waals surface area contributed by atoms with Gasteiger partial charge in [0, 0.05) is 16.5 Å². The number of fused-ring (bicyclic) bond motifs is 1. The zero-order valence-electron chi connectivity index (χ0n) is 20.9. The summed E-state index contributed by atoms with van der Waals surface area (Å²) < 4.78 is 47.7. The largest absolute Gasteiger partial charge is 1.00 e. The SMILES string of the molecule is Cc1cnc(-c2ccc3c(-c4ccc(C(=O)O)cc4)nn(C(=O)c4c(Cl)cccc4C(F)(F)F)c3c2)o1.[H-].[Na+]. The summed E-state index contributed by atoms with van der Waals surface area (Å²) in [5.41, 5.74) is -0.531. The molecule has 0 fully saturated rings. The topological polar surface area (TPSA) is 98.2 Å². The Morgan fingerprint density at radius 1 is 1.05 bits per heavy atom. The van der Waals surface area contributed by atoms with E-state index in [1.54, 1.807) is 19.1 Å². The van der Waals surface area contributed by atoms with E-state index in [0.717, 1.165) is 16.8 Å². The minimum absolute atomic E-state index is 0. The van der Waals surface area contributed by atoms with Crippen molar-refractivity contribution in [3.05, 3.63) is 94.3 Å². The van der Waals surface area contributed by atoms with Gasteiger partial charge in [0.1, 0.15) is 11.5 Å². The quantitative estimate of drug-likeness (QED) is 0.342. The fourth-order valence-corrected chi connectivity index (χ4v) is 4.21. The van der Waals surface area contributed by atoms with Gasteiger partial charge < -0.3 is 11.0 Å². The van der Waals surface area contributed by atoms with E-state index in [-0.39, 0.29) is 58.7 Å². The van der Waals surface area contributed by atoms with Gasteiger partial charge in [0.05, 0.1) is 33.4 Å². The molecule has 0 atom stereocenters. The number of benzene rings is 3. The van der Waals surface area contributed by atoms with E-state index in [9.17, 15) is 27.9 Å². The summed E-state index contributed by atoms with van der Waals surface area (Å²) in [5, 5.41) is 13.6. The van der Waals surface area contributed by atoms with Gasteiger partial charge in [0.15, 0.2) is 0 Å². The van der Waals surface area contributed by atoms with E-state index in [4.69, 9.17) is 16.0 Å². The number of nitrogens with zero attached hydrogens (tertiary/aromatic N) is 3. The number of carbonyl (C=O) groups excluding carboxylic acids is 1. The number of carbonyl (C=O) groups is 2. The molecule has 0 radical (unpaired) electrons. The number of oxazole rings is 1. The van der Waals surface area contributed by atoms with Crippen molar-refractivity contribution in [1.29, 1.82) is 0 Å². The van der Waals surface area contributed by atoms with Crippen LogP contribution in [0.15, 0.2) is 71.3 Å². The van der Waals surface area contributed by atoms with E-state index < -0.39 is 29.2 Å². The molecule has 0 unspecified atom stereocenters. The van der Waals surface area contributed by atoms with Crippen LogP contribution in [-0.2, 0) is 6.18 Å². The molecule has 0 bridgehead atoms. The average Bonchev–Trinajstić information content (AvgIpc) is 3.46. The fraction of sp³-hybridized carbons (Fsp3) is 0.0769. The first kappa shape index (κ1) is 27.6. The van der Waals surface area contributed by atoms with Crippen LogP contribution in [0.3, 0.4) is 0 Å². The number of carboxylic acid groups (broad SMARTS) is 1. The summed E-state index contributed by atoms with van der Waals surface area (Å²) in [5.74, 6) is -1.41. The first-order chi connectivity index (χ1) is 17.5. The van der Waals surface area contributed by atoms with Crippen LogP contribution in [0, 0.1) is 6.92 Å². The van der Waals surface area contributed by atoms with E-state index in [1.807, 2.05) is 0 Å². The van der Waals surface area contributed by atoms with Gasteiger partial charge in [0.2, 0.25) is 5.89 Å². The third-order valence-electron chi connectivity index (χ3n) is 5.68. The zero-order valence-corrected chi connectivity index (χ0v) is 22.6. The summed E-state index contributed by atoms with van der Waals surface area (Å²) >= 11 is 6.09. The van der Waals surface area contributed by atoms with Gasteiger partial charge in [-0.1, -0.05) is 29.8 Å². The first-order valence-corrected chi connectivity index (χ1v) is 11.1. The van der Waals surface area contributed by atoms with Crippen molar-refractivity contribution in [2.24, 2.45) is 0 Å². The van der Waals surface area contributed by atoms with Crippen LogP contribution in [0.4, 0.5) is 13.2 Å². The van der Waals surface area contributed by atoms with Gasteiger partial charge in [0.25, 0.3) is 5.91 Å². The van der Waals surface area contributed by atoms with Crippen molar-refractivity contribution in [3.63, 3.8) is 0 Å². The molecule has 1 N–H and O–H groups in total. The monoisotopic (exact) mass is 549 g/mol. The Labute approximate surface area is 241 Å². The molecule has 188 valence electrons. The Hall–Kier alpha value is -3.44. The third-order valence-corrected chi connectivity index (χ3v) is 5.99. The van der Waals surface area contributed by atoms with Crippen molar-refractivity contribution >= 4 is 34.4 Å². The molecule has 5 aromatic rings. The molecule has 5 rings (SSSR count). The zero-order chi connectivity index (χ0) is 26.5. The fourth-order valence-electron chi connectivity index (χ4n) is 3.96. The second kappa shape index (κ2) is 10.4. The molecule has 0 aliphatic heterocycles. The van der Waals surface area contributed by atoms with E-state index in [1.165, 1.54) is 42.6 Å². The van der Waals surface area contributed by atoms with Crippen LogP contribution in [0.5, 0.6) is 0 Å². The van der Waals surface area contributed by atoms with E-state index in [0.29, 0.717) is 22.3 Å². The number of aromatic carboxylic acids is 1. The molecule has 0 saturated carbocycles. The molecule has 0 aliphatic rings. The standard InChI is InChI=1S/C26H15ClF3N3O4.Na.H/c1-13-12-31-23(37-13)16-9-10-17-20(11-16)33(32-22(17)14-5-7-15(8-6-14)25(35)36)24(34)21-18(26(28,29)30)3-2-4-19(21)27;;/h2-12H,1H3,(H,35,36);;/q;+1;-1. The molecule has 12 heteroatoms. The molecule has 7 nitrogen and oxygen atoms in total. The molecule has 3 aromatic carbocycles. The molecule has 0 aliphatic carbocycles. The summed E-state index contributed by atoms with van der Waals surface area (Å²) in [7, 11) is 0. The normalized spacial score (nSPS) is 11.4. The van der Waals surface area contributed by atoms with E-state index in [2.05, 4.69) is 10.1 Å². The maximum atomic E-state index is 13.8. The smallest absolute Gasteiger partial charge is 1.00 e. The van der Waals surface area contributed by atoms with Crippen LogP contribution in [-0.4, -0.2) is 31.7 Å². The van der Waals surface area contributed by atoms with Crippen LogP contribution in [0.2, 0.25) is 5.02 Å². The second-order valence-electron chi connectivity index (χ2n) is 8.12. The van der Waals surface area contributed by atoms with Crippen molar-refractivity contribution < 1.29 is 63.3 Å². The van der Waals surface area contributed by atoms with Gasteiger partial charge in [-0.2, -0.15) is 23.0 Å². The van der Waals surface area contributed by atoms with Crippen molar-refractivity contribution in [1.82, 2.24) is 14.8 Å². The number of alkyl halides is 3. The Morgan fingerprint density at radius 3 is 2.34 bits per heavy atom. The minimum atomic E-state index is -4.84. The molecule has 2 aromatic heterocycles. The number of carboxylic acids is 1. The summed E-state index contributed by atoms with van der Waals surface area (Å²) in [6, 6.07) is 13.7. The molecule has 0 spiro atoms. The molecule has 0 amide bonds. The Morgan fingerprint density at radius 2 is 1.74 bits per heavy atom. The number of hydrogen-bond acceptors (Lipinski definition) is 5. The number of rotatable bonds is 4. The number of halogens is 4. The average molecular weight is 550 g/mol. The van der Waals surface area contributed by atoms with Crippen molar-refractivity contribution in [2.75, 3.05) is 0 Å². The maximum absolute atomic E-state index is 13.8. The summed E-state index contributed by atoms with van der Waals surface area (Å²) in [6.07, 6.45) is -3.33. The van der Waals surface area contributed by atoms with Gasteiger partial charge in [-0.3, -0.25) is 4.79 Å². The van der Waals surface area contributed by atoms with Crippen LogP contribution >= 0.6 is 11.6 Å². The molecule has 38 heavy (non-hydrogen) atoms. The van der Waals surface area contributed by atoms with E-state index >= 15 is 0 Å². The van der Waals surface area contributed by atoms with Gasteiger partial charge >= 0.3 is 41.7 Å². The molecular weight excluding hydrogens is 534 g/mol. The summed E-state index contributed by atoms with van der Waals surface area (Å²) in [4.78, 5) is 29.0. The van der Waals surface area contributed by atoms with Crippen LogP contribution < -0.4 is 29.6 Å². The van der Waals surface area contributed by atoms with Crippen molar-refractivity contribution in [3.8, 4) is 22.7 Å². The predicted octanol–water partition coefficient (Wildman–Crippen LogP) is 3.84. The Balaban J connectivity index is 0.00000210. The third kappa shape index (κ3) is 5.00. The second-order valence-corrected chi connectivity index (χ2v) is 8.52. The van der Waals surface area contributed by atoms with Gasteiger partial charge in [-0.05, 0) is 49.4 Å². The Bertz CT molecular complexity index is 1700. The van der Waals surface area contributed by atoms with Crippen LogP contribution in [0.1, 0.15) is 33.5 Å². The maximum Gasteiger partial charge on any atom is 1.00 e. The number of aryl methyl sites for hydroxylation is 1. The van der Waals surface area contributed by atoms with Gasteiger partial charge in [-0.25, -0.2) is 9.78 Å². The molecule has 0 saturated heterocycles. The number of hydrogen-bond donors (Lipinski definition) is 1. The molecular formula is C26H16ClF3N3NaO4. The van der Waals surface area contributed by atoms with Gasteiger partial charge in [-0.15, -0.1) is 0 Å². The van der Waals surface area contributed by atoms with Crippen molar-refractivity contribution in [2.45, 2.75) is 13.1 Å². The van der Waals surface area contributed by atoms with Crippen LogP contribution in [0.25, 0.3) is 33.6 Å². The first-order valence-electron chi connectivity index (χ1n) is 10.7.